The summed E-state index contributed by atoms with van der Waals surface area (Å²) in [6.45, 7) is 11.7. The minimum Gasteiger partial charge on any atom is -0.466 e. The number of benzene rings is 1. The van der Waals surface area contributed by atoms with E-state index in [1.54, 1.807) is 58.8 Å². The summed E-state index contributed by atoms with van der Waals surface area (Å²) in [7, 11) is 0. The molecule has 6 atom stereocenters. The maximum Gasteiger partial charge on any atom is 0.311 e. The zero-order valence-corrected chi connectivity index (χ0v) is 22.8. The Bertz CT molecular complexity index is 1050. The Morgan fingerprint density at radius 2 is 2.00 bits per heavy atom. The maximum atomic E-state index is 14.5. The lowest BCUT2D eigenvalue weighted by molar-refractivity contribution is -0.155. The maximum absolute atomic E-state index is 14.5. The molecule has 0 saturated carbocycles. The molecule has 196 valence electrons. The number of carbonyl (C=O) groups is 3. The van der Waals surface area contributed by atoms with E-state index in [2.05, 4.69) is 6.58 Å². The SMILES string of the molecule is C=CCN(C(=O)C1N([C@@H](CO)C(C)C)C(=O)[C@@H]2[C@@H](C(=O)OCC)[C@@]3(C)CCC12S3)c1ccc(Cl)cc1. The average Bonchev–Trinajstić information content (AvgIpc) is 3.39. The van der Waals surface area contributed by atoms with Crippen molar-refractivity contribution >= 4 is 46.8 Å². The fourth-order valence-corrected chi connectivity index (χ4v) is 8.88. The van der Waals surface area contributed by atoms with Crippen LogP contribution in [0.1, 0.15) is 40.5 Å². The van der Waals surface area contributed by atoms with Crippen molar-refractivity contribution in [3.63, 3.8) is 0 Å². The van der Waals surface area contributed by atoms with E-state index in [0.29, 0.717) is 23.6 Å². The van der Waals surface area contributed by atoms with E-state index >= 15 is 0 Å². The summed E-state index contributed by atoms with van der Waals surface area (Å²) in [6, 6.07) is 5.59. The second-order valence-corrected chi connectivity index (χ2v) is 12.8. The van der Waals surface area contributed by atoms with Crippen LogP contribution in [0.25, 0.3) is 0 Å². The number of esters is 1. The fraction of sp³-hybridized carbons (Fsp3) is 0.593. The predicted octanol–water partition coefficient (Wildman–Crippen LogP) is 3.92. The lowest BCUT2D eigenvalue weighted by Gasteiger charge is -2.40. The molecule has 0 radical (unpaired) electrons. The van der Waals surface area contributed by atoms with Gasteiger partial charge in [-0.05, 0) is 56.9 Å². The zero-order valence-electron chi connectivity index (χ0n) is 21.3. The number of thioether (sulfide) groups is 1. The van der Waals surface area contributed by atoms with Gasteiger partial charge in [-0.25, -0.2) is 0 Å². The highest BCUT2D eigenvalue weighted by atomic mass is 35.5. The number of aliphatic hydroxyl groups is 1. The number of fused-ring (bicyclic) bond motifs is 1. The molecule has 2 amide bonds. The Labute approximate surface area is 222 Å². The van der Waals surface area contributed by atoms with Crippen molar-refractivity contribution in [1.29, 1.82) is 0 Å². The molecule has 7 nitrogen and oxygen atoms in total. The van der Waals surface area contributed by atoms with Crippen LogP contribution in [0.3, 0.4) is 0 Å². The third-order valence-corrected chi connectivity index (χ3v) is 10.3. The Kier molecular flexibility index (Phi) is 7.53. The molecule has 36 heavy (non-hydrogen) atoms. The summed E-state index contributed by atoms with van der Waals surface area (Å²) in [4.78, 5) is 45.1. The molecule has 1 aromatic rings. The van der Waals surface area contributed by atoms with Gasteiger partial charge in [0, 0.05) is 22.0 Å². The first-order valence-corrected chi connectivity index (χ1v) is 13.7. The van der Waals surface area contributed by atoms with Crippen LogP contribution >= 0.6 is 23.4 Å². The molecule has 4 rings (SSSR count). The van der Waals surface area contributed by atoms with Gasteiger partial charge in [0.1, 0.15) is 6.04 Å². The van der Waals surface area contributed by atoms with E-state index in [0.717, 1.165) is 0 Å². The first-order valence-electron chi connectivity index (χ1n) is 12.5. The number of ether oxygens (including phenoxy) is 1. The minimum atomic E-state index is -0.837. The molecule has 1 aromatic carbocycles. The molecule has 1 N–H and O–H groups in total. The molecule has 3 heterocycles. The molecule has 2 unspecified atom stereocenters. The van der Waals surface area contributed by atoms with Crippen molar-refractivity contribution in [2.45, 2.75) is 62.1 Å². The molecule has 9 heteroatoms. The summed E-state index contributed by atoms with van der Waals surface area (Å²) < 4.78 is 4.16. The number of nitrogens with zero attached hydrogens (tertiary/aromatic N) is 2. The van der Waals surface area contributed by atoms with Crippen molar-refractivity contribution < 1.29 is 24.2 Å². The fourth-order valence-electron chi connectivity index (χ4n) is 6.43. The predicted molar refractivity (Wildman–Crippen MR) is 142 cm³/mol. The summed E-state index contributed by atoms with van der Waals surface area (Å²) in [5.74, 6) is -2.28. The van der Waals surface area contributed by atoms with Crippen LogP contribution < -0.4 is 4.90 Å². The van der Waals surface area contributed by atoms with Crippen molar-refractivity contribution in [1.82, 2.24) is 4.90 Å². The smallest absolute Gasteiger partial charge is 0.311 e. The van der Waals surface area contributed by atoms with Crippen LogP contribution in [0.15, 0.2) is 36.9 Å². The number of likely N-dealkylation sites (tertiary alicyclic amines) is 1. The Hall–Kier alpha value is -2.03. The van der Waals surface area contributed by atoms with E-state index in [-0.39, 0.29) is 43.5 Å². The number of carbonyl (C=O) groups excluding carboxylic acids is 3. The largest absolute Gasteiger partial charge is 0.466 e. The molecule has 3 saturated heterocycles. The molecule has 1 spiro atoms. The minimum absolute atomic E-state index is 0.0910. The molecular formula is C27H35ClN2O5S. The first kappa shape index (κ1) is 27.0. The third-order valence-electron chi connectivity index (χ3n) is 8.02. The highest BCUT2D eigenvalue weighted by molar-refractivity contribution is 8.02. The van der Waals surface area contributed by atoms with Gasteiger partial charge in [0.05, 0.1) is 35.8 Å². The first-order chi connectivity index (χ1) is 17.1. The van der Waals surface area contributed by atoms with Crippen molar-refractivity contribution in [2.24, 2.45) is 17.8 Å². The van der Waals surface area contributed by atoms with Gasteiger partial charge in [-0.2, -0.15) is 0 Å². The number of halogens is 1. The molecule has 3 fully saturated rings. The zero-order chi connectivity index (χ0) is 26.4. The van der Waals surface area contributed by atoms with Gasteiger partial charge in [0.15, 0.2) is 0 Å². The summed E-state index contributed by atoms with van der Waals surface area (Å²) in [5.41, 5.74) is 0.646. The highest BCUT2D eigenvalue weighted by Gasteiger charge is 2.78. The van der Waals surface area contributed by atoms with Gasteiger partial charge in [0.25, 0.3) is 5.91 Å². The van der Waals surface area contributed by atoms with Crippen LogP contribution in [-0.2, 0) is 19.1 Å². The Morgan fingerprint density at radius 3 is 2.56 bits per heavy atom. The molecule has 2 bridgehead atoms. The lowest BCUT2D eigenvalue weighted by Crippen LogP contribution is -2.58. The van der Waals surface area contributed by atoms with Crippen LogP contribution in [0, 0.1) is 17.8 Å². The van der Waals surface area contributed by atoms with Crippen molar-refractivity contribution in [3.05, 3.63) is 41.9 Å². The second-order valence-electron chi connectivity index (χ2n) is 10.4. The standard InChI is InChI=1S/C27H35ClN2O5S/c1-6-14-29(18-10-8-17(28)9-11-18)24(33)22-27-13-12-26(5,36-27)21(25(34)35-7-2)20(27)23(32)30(22)19(15-31)16(3)4/h6,8-11,16,19-22,31H,1,7,12-15H2,2-5H3/t19-,20-,21-,22?,26+,27?/m0/s1. The quantitative estimate of drug-likeness (QED) is 0.382. The van der Waals surface area contributed by atoms with Gasteiger partial charge < -0.3 is 19.6 Å². The van der Waals surface area contributed by atoms with Crippen LogP contribution in [0.2, 0.25) is 5.02 Å². The topological polar surface area (TPSA) is 87.2 Å². The summed E-state index contributed by atoms with van der Waals surface area (Å²) in [5, 5.41) is 10.9. The highest BCUT2D eigenvalue weighted by Crippen LogP contribution is 2.72. The van der Waals surface area contributed by atoms with Crippen LogP contribution in [-0.4, -0.2) is 69.1 Å². The average molecular weight is 535 g/mol. The number of rotatable bonds is 9. The normalized spacial score (nSPS) is 31.5. The number of aliphatic hydroxyl groups excluding tert-OH is 1. The van der Waals surface area contributed by atoms with Gasteiger partial charge in [-0.3, -0.25) is 14.4 Å². The van der Waals surface area contributed by atoms with E-state index < -0.39 is 33.4 Å². The number of hydrogen-bond donors (Lipinski definition) is 1. The third kappa shape index (κ3) is 4.05. The summed E-state index contributed by atoms with van der Waals surface area (Å²) in [6.07, 6.45) is 2.99. The van der Waals surface area contributed by atoms with Crippen molar-refractivity contribution in [3.8, 4) is 0 Å². The molecular weight excluding hydrogens is 500 g/mol. The Morgan fingerprint density at radius 1 is 1.33 bits per heavy atom. The Balaban J connectivity index is 1.86. The molecule has 0 aromatic heterocycles. The summed E-state index contributed by atoms with van der Waals surface area (Å²) >= 11 is 7.69. The molecule has 3 aliphatic rings. The van der Waals surface area contributed by atoms with Gasteiger partial charge in [-0.1, -0.05) is 31.5 Å². The van der Waals surface area contributed by atoms with Crippen molar-refractivity contribution in [2.75, 3.05) is 24.7 Å². The van der Waals surface area contributed by atoms with E-state index in [4.69, 9.17) is 16.3 Å². The van der Waals surface area contributed by atoms with Gasteiger partial charge in [0.2, 0.25) is 5.91 Å². The van der Waals surface area contributed by atoms with E-state index in [1.165, 1.54) is 0 Å². The lowest BCUT2D eigenvalue weighted by atomic mass is 9.66. The number of anilines is 1. The number of amides is 2. The van der Waals surface area contributed by atoms with E-state index in [1.807, 2.05) is 20.8 Å². The van der Waals surface area contributed by atoms with Gasteiger partial charge >= 0.3 is 5.97 Å². The van der Waals surface area contributed by atoms with E-state index in [9.17, 15) is 19.5 Å². The number of hydrogen-bond acceptors (Lipinski definition) is 6. The second kappa shape index (κ2) is 10.0. The monoisotopic (exact) mass is 534 g/mol. The van der Waals surface area contributed by atoms with Crippen LogP contribution in [0.4, 0.5) is 5.69 Å². The molecule has 3 aliphatic heterocycles. The van der Waals surface area contributed by atoms with Gasteiger partial charge in [-0.15, -0.1) is 18.3 Å². The van der Waals surface area contributed by atoms with Crippen LogP contribution in [0.5, 0.6) is 0 Å². The molecule has 0 aliphatic carbocycles.